The van der Waals surface area contributed by atoms with Crippen LogP contribution in [-0.2, 0) is 4.79 Å². The van der Waals surface area contributed by atoms with Gasteiger partial charge >= 0.3 is 0 Å². The van der Waals surface area contributed by atoms with Crippen LogP contribution in [0.4, 0.5) is 5.69 Å². The van der Waals surface area contributed by atoms with E-state index in [1.165, 1.54) is 32.1 Å². The number of benzene rings is 1. The Morgan fingerprint density at radius 3 is 2.59 bits per heavy atom. The standard InChI is InChI=1S/C18H26ClNO2/c19-13-4-7-18(21)20-16-8-10-17(11-9-16)22-14-12-15-5-2-1-3-6-15/h8-11,15H,1-7,12-14H2,(H,20,21). The van der Waals surface area contributed by atoms with Gasteiger partial charge in [0.25, 0.3) is 0 Å². The molecule has 0 aromatic heterocycles. The quantitative estimate of drug-likeness (QED) is 0.684. The molecule has 0 saturated heterocycles. The third-order valence-corrected chi connectivity index (χ3v) is 4.46. The molecule has 1 fully saturated rings. The molecule has 1 aromatic carbocycles. The summed E-state index contributed by atoms with van der Waals surface area (Å²) in [7, 11) is 0. The average Bonchev–Trinajstić information content (AvgIpc) is 2.55. The molecule has 1 N–H and O–H groups in total. The maximum atomic E-state index is 11.6. The molecular weight excluding hydrogens is 298 g/mol. The van der Waals surface area contributed by atoms with Crippen molar-refractivity contribution in [1.82, 2.24) is 0 Å². The van der Waals surface area contributed by atoms with Crippen molar-refractivity contribution in [2.24, 2.45) is 5.92 Å². The Morgan fingerprint density at radius 2 is 1.91 bits per heavy atom. The first-order valence-corrected chi connectivity index (χ1v) is 8.90. The molecular formula is C18H26ClNO2. The minimum atomic E-state index is 0.00613. The smallest absolute Gasteiger partial charge is 0.224 e. The lowest BCUT2D eigenvalue weighted by atomic mass is 9.87. The largest absolute Gasteiger partial charge is 0.494 e. The van der Waals surface area contributed by atoms with Gasteiger partial charge in [-0.2, -0.15) is 0 Å². The minimum Gasteiger partial charge on any atom is -0.494 e. The summed E-state index contributed by atoms with van der Waals surface area (Å²) >= 11 is 5.58. The number of amides is 1. The Morgan fingerprint density at radius 1 is 1.18 bits per heavy atom. The molecule has 0 heterocycles. The van der Waals surface area contributed by atoms with Gasteiger partial charge in [-0.05, 0) is 43.0 Å². The van der Waals surface area contributed by atoms with E-state index in [9.17, 15) is 4.79 Å². The second-order valence-corrected chi connectivity index (χ2v) is 6.38. The number of nitrogens with one attached hydrogen (secondary N) is 1. The van der Waals surface area contributed by atoms with Crippen LogP contribution in [0, 0.1) is 5.92 Å². The molecule has 1 saturated carbocycles. The molecule has 122 valence electrons. The van der Waals surface area contributed by atoms with Crippen molar-refractivity contribution in [3.8, 4) is 5.75 Å². The van der Waals surface area contributed by atoms with Crippen LogP contribution in [0.3, 0.4) is 0 Å². The molecule has 0 atom stereocenters. The SMILES string of the molecule is O=C(CCCCl)Nc1ccc(OCCC2CCCCC2)cc1. The van der Waals surface area contributed by atoms with E-state index in [1.54, 1.807) is 0 Å². The second kappa shape index (κ2) is 9.73. The van der Waals surface area contributed by atoms with E-state index in [2.05, 4.69) is 5.32 Å². The Balaban J connectivity index is 1.68. The first-order chi connectivity index (χ1) is 10.8. The highest BCUT2D eigenvalue weighted by atomic mass is 35.5. The Labute approximate surface area is 138 Å². The normalized spacial score (nSPS) is 15.5. The van der Waals surface area contributed by atoms with E-state index in [0.29, 0.717) is 18.7 Å². The lowest BCUT2D eigenvalue weighted by Gasteiger charge is -2.21. The number of hydrogen-bond donors (Lipinski definition) is 1. The highest BCUT2D eigenvalue weighted by Gasteiger charge is 2.13. The van der Waals surface area contributed by atoms with Crippen molar-refractivity contribution in [1.29, 1.82) is 0 Å². The summed E-state index contributed by atoms with van der Waals surface area (Å²) in [6.07, 6.45) is 9.18. The lowest BCUT2D eigenvalue weighted by molar-refractivity contribution is -0.116. The van der Waals surface area contributed by atoms with E-state index in [0.717, 1.165) is 30.4 Å². The predicted molar refractivity (Wildman–Crippen MR) is 91.7 cm³/mol. The molecule has 3 nitrogen and oxygen atoms in total. The Kier molecular flexibility index (Phi) is 7.58. The molecule has 1 aliphatic carbocycles. The number of hydrogen-bond acceptors (Lipinski definition) is 2. The van der Waals surface area contributed by atoms with Gasteiger partial charge in [0.15, 0.2) is 0 Å². The summed E-state index contributed by atoms with van der Waals surface area (Å²) in [6, 6.07) is 7.60. The fourth-order valence-corrected chi connectivity index (χ4v) is 3.04. The highest BCUT2D eigenvalue weighted by Crippen LogP contribution is 2.26. The van der Waals surface area contributed by atoms with Gasteiger partial charge in [-0.25, -0.2) is 0 Å². The van der Waals surface area contributed by atoms with E-state index in [4.69, 9.17) is 16.3 Å². The molecule has 0 aliphatic heterocycles. The topological polar surface area (TPSA) is 38.3 Å². The summed E-state index contributed by atoms with van der Waals surface area (Å²) in [5, 5.41) is 2.86. The molecule has 1 aliphatic rings. The van der Waals surface area contributed by atoms with Crippen molar-refractivity contribution < 1.29 is 9.53 Å². The second-order valence-electron chi connectivity index (χ2n) is 6.01. The molecule has 0 bridgehead atoms. The molecule has 1 aromatic rings. The number of halogens is 1. The number of carbonyl (C=O) groups excluding carboxylic acids is 1. The number of alkyl halides is 1. The third-order valence-electron chi connectivity index (χ3n) is 4.20. The average molecular weight is 324 g/mol. The zero-order valence-corrected chi connectivity index (χ0v) is 13.9. The van der Waals surface area contributed by atoms with Crippen LogP contribution in [0.1, 0.15) is 51.4 Å². The molecule has 2 rings (SSSR count). The first-order valence-electron chi connectivity index (χ1n) is 8.36. The van der Waals surface area contributed by atoms with Gasteiger partial charge in [-0.15, -0.1) is 11.6 Å². The summed E-state index contributed by atoms with van der Waals surface area (Å²) in [5.74, 6) is 2.23. The number of ether oxygens (including phenoxy) is 1. The summed E-state index contributed by atoms with van der Waals surface area (Å²) < 4.78 is 5.80. The molecule has 1 amide bonds. The summed E-state index contributed by atoms with van der Waals surface area (Å²) in [4.78, 5) is 11.6. The number of rotatable bonds is 8. The van der Waals surface area contributed by atoms with Crippen LogP contribution < -0.4 is 10.1 Å². The van der Waals surface area contributed by atoms with Gasteiger partial charge in [0.2, 0.25) is 5.91 Å². The molecule has 22 heavy (non-hydrogen) atoms. The van der Waals surface area contributed by atoms with Gasteiger partial charge < -0.3 is 10.1 Å². The van der Waals surface area contributed by atoms with Crippen LogP contribution in [0.5, 0.6) is 5.75 Å². The zero-order valence-electron chi connectivity index (χ0n) is 13.2. The Hall–Kier alpha value is -1.22. The number of anilines is 1. The predicted octanol–water partition coefficient (Wildman–Crippen LogP) is 4.99. The van der Waals surface area contributed by atoms with Gasteiger partial charge in [0.1, 0.15) is 5.75 Å². The molecule has 0 radical (unpaired) electrons. The fraction of sp³-hybridized carbons (Fsp3) is 0.611. The van der Waals surface area contributed by atoms with Gasteiger partial charge in [0.05, 0.1) is 6.61 Å². The van der Waals surface area contributed by atoms with E-state index < -0.39 is 0 Å². The van der Waals surface area contributed by atoms with Crippen molar-refractivity contribution in [3.05, 3.63) is 24.3 Å². The van der Waals surface area contributed by atoms with Crippen molar-refractivity contribution in [2.45, 2.75) is 51.4 Å². The van der Waals surface area contributed by atoms with Crippen molar-refractivity contribution in [2.75, 3.05) is 17.8 Å². The molecule has 4 heteroatoms. The molecule has 0 unspecified atom stereocenters. The van der Waals surface area contributed by atoms with Gasteiger partial charge in [0, 0.05) is 18.0 Å². The maximum Gasteiger partial charge on any atom is 0.224 e. The Bertz CT molecular complexity index is 441. The summed E-state index contributed by atoms with van der Waals surface area (Å²) in [6.45, 7) is 0.784. The van der Waals surface area contributed by atoms with Crippen LogP contribution in [0.2, 0.25) is 0 Å². The zero-order chi connectivity index (χ0) is 15.6. The van der Waals surface area contributed by atoms with E-state index >= 15 is 0 Å². The third kappa shape index (κ3) is 6.27. The first kappa shape index (κ1) is 17.1. The highest BCUT2D eigenvalue weighted by molar-refractivity contribution is 6.18. The van der Waals surface area contributed by atoms with E-state index in [-0.39, 0.29) is 5.91 Å². The van der Waals surface area contributed by atoms with E-state index in [1.807, 2.05) is 24.3 Å². The fourth-order valence-electron chi connectivity index (χ4n) is 2.90. The molecule has 0 spiro atoms. The number of carbonyl (C=O) groups is 1. The van der Waals surface area contributed by atoms with Gasteiger partial charge in [-0.1, -0.05) is 32.1 Å². The van der Waals surface area contributed by atoms with Crippen molar-refractivity contribution >= 4 is 23.2 Å². The lowest BCUT2D eigenvalue weighted by Crippen LogP contribution is -2.11. The minimum absolute atomic E-state index is 0.00613. The van der Waals surface area contributed by atoms with Crippen LogP contribution in [-0.4, -0.2) is 18.4 Å². The van der Waals surface area contributed by atoms with Crippen LogP contribution in [0.25, 0.3) is 0 Å². The van der Waals surface area contributed by atoms with Gasteiger partial charge in [-0.3, -0.25) is 4.79 Å². The maximum absolute atomic E-state index is 11.6. The summed E-state index contributed by atoms with van der Waals surface area (Å²) in [5.41, 5.74) is 0.805. The monoisotopic (exact) mass is 323 g/mol. The van der Waals surface area contributed by atoms with Crippen LogP contribution >= 0.6 is 11.6 Å². The van der Waals surface area contributed by atoms with Crippen LogP contribution in [0.15, 0.2) is 24.3 Å². The van der Waals surface area contributed by atoms with Crippen molar-refractivity contribution in [3.63, 3.8) is 0 Å².